The second kappa shape index (κ2) is 8.15. The molecule has 26 heavy (non-hydrogen) atoms. The van der Waals surface area contributed by atoms with Crippen LogP contribution in [0.4, 0.5) is 0 Å². The summed E-state index contributed by atoms with van der Waals surface area (Å²) in [6.45, 7) is -0.570. The first-order valence-corrected chi connectivity index (χ1v) is 8.56. The van der Waals surface area contributed by atoms with Crippen LogP contribution in [0, 0.1) is 0 Å². The van der Waals surface area contributed by atoms with Gasteiger partial charge in [0.1, 0.15) is 24.4 Å². The molecule has 0 bridgehead atoms. The Kier molecular flexibility index (Phi) is 5.90. The Hall–Kier alpha value is -1.97. The molecule has 1 saturated heterocycles. The van der Waals surface area contributed by atoms with Crippen molar-refractivity contribution in [2.24, 2.45) is 0 Å². The van der Waals surface area contributed by atoms with Gasteiger partial charge < -0.3 is 34.9 Å². The topological polar surface area (TPSA) is 132 Å². The van der Waals surface area contributed by atoms with Gasteiger partial charge in [0.05, 0.1) is 6.61 Å². The average molecular weight is 365 g/mol. The molecular formula is C18H23NO7. The second-order valence-corrected chi connectivity index (χ2v) is 6.40. The number of aliphatic hydroxyl groups is 4. The van der Waals surface area contributed by atoms with Crippen molar-refractivity contribution < 1.29 is 34.7 Å². The number of hydrogen-bond acceptors (Lipinski definition) is 7. The van der Waals surface area contributed by atoms with Gasteiger partial charge in [0.2, 0.25) is 6.29 Å². The fraction of sp³-hybridized carbons (Fsp3) is 0.500. The van der Waals surface area contributed by atoms with Crippen LogP contribution in [0.1, 0.15) is 18.4 Å². The van der Waals surface area contributed by atoms with Gasteiger partial charge in [-0.1, -0.05) is 18.2 Å². The van der Waals surface area contributed by atoms with Crippen LogP contribution in [0.25, 0.3) is 10.9 Å². The molecule has 2 aromatic rings. The van der Waals surface area contributed by atoms with Crippen LogP contribution in [0.15, 0.2) is 30.5 Å². The number of H-pyrrole nitrogens is 1. The lowest BCUT2D eigenvalue weighted by molar-refractivity contribution is -0.292. The van der Waals surface area contributed by atoms with Crippen molar-refractivity contribution in [3.05, 3.63) is 36.0 Å². The summed E-state index contributed by atoms with van der Waals surface area (Å²) in [7, 11) is 0. The van der Waals surface area contributed by atoms with E-state index in [4.69, 9.17) is 14.6 Å². The summed E-state index contributed by atoms with van der Waals surface area (Å²) < 4.78 is 10.2. The number of ether oxygens (including phenoxy) is 2. The molecule has 5 N–H and O–H groups in total. The van der Waals surface area contributed by atoms with Crippen LogP contribution < -0.4 is 0 Å². The lowest BCUT2D eigenvalue weighted by Crippen LogP contribution is -2.59. The first kappa shape index (κ1) is 18.8. The van der Waals surface area contributed by atoms with Crippen molar-refractivity contribution in [3.63, 3.8) is 0 Å². The molecule has 1 aliphatic heterocycles. The summed E-state index contributed by atoms with van der Waals surface area (Å²) in [5.74, 6) is -0.589. The number of fused-ring (bicyclic) bond motifs is 1. The smallest absolute Gasteiger partial charge is 0.308 e. The number of carbonyl (C=O) groups is 1. The van der Waals surface area contributed by atoms with E-state index in [1.165, 1.54) is 0 Å². The Labute approximate surface area is 150 Å². The van der Waals surface area contributed by atoms with Gasteiger partial charge in [-0.3, -0.25) is 4.79 Å². The fourth-order valence-electron chi connectivity index (χ4n) is 3.11. The minimum Gasteiger partial charge on any atom is -0.433 e. The lowest BCUT2D eigenvalue weighted by atomic mass is 9.99. The molecule has 1 aliphatic rings. The van der Waals surface area contributed by atoms with Gasteiger partial charge in [-0.05, 0) is 24.5 Å². The number of esters is 1. The molecule has 0 radical (unpaired) electrons. The number of aromatic amines is 1. The van der Waals surface area contributed by atoms with Crippen molar-refractivity contribution in [1.29, 1.82) is 0 Å². The number of rotatable bonds is 6. The van der Waals surface area contributed by atoms with Crippen molar-refractivity contribution >= 4 is 16.9 Å². The first-order chi connectivity index (χ1) is 12.5. The van der Waals surface area contributed by atoms with Crippen LogP contribution in [0.3, 0.4) is 0 Å². The molecule has 0 saturated carbocycles. The Bertz CT molecular complexity index is 744. The zero-order chi connectivity index (χ0) is 18.7. The molecule has 5 atom stereocenters. The summed E-state index contributed by atoms with van der Waals surface area (Å²) >= 11 is 0. The number of benzene rings is 1. The molecule has 142 valence electrons. The highest BCUT2D eigenvalue weighted by molar-refractivity contribution is 5.83. The molecule has 2 heterocycles. The SMILES string of the molecule is O=C(CCCc1c[nH]c2ccccc12)O[C@H]1O[C@@H](CO)[C@H](O)[C@@H](O)[C@H]1O. The third-order valence-electron chi connectivity index (χ3n) is 4.60. The number of para-hydroxylation sites is 1. The Morgan fingerprint density at radius 1 is 1.15 bits per heavy atom. The molecule has 1 aromatic heterocycles. The maximum atomic E-state index is 12.0. The van der Waals surface area contributed by atoms with Gasteiger partial charge in [-0.25, -0.2) is 0 Å². The maximum Gasteiger partial charge on any atom is 0.308 e. The van der Waals surface area contributed by atoms with Gasteiger partial charge in [0, 0.05) is 23.5 Å². The van der Waals surface area contributed by atoms with E-state index in [2.05, 4.69) is 4.98 Å². The van der Waals surface area contributed by atoms with E-state index in [0.29, 0.717) is 12.8 Å². The third kappa shape index (κ3) is 3.89. The first-order valence-electron chi connectivity index (χ1n) is 8.56. The predicted molar refractivity (Wildman–Crippen MR) is 91.1 cm³/mol. The van der Waals surface area contributed by atoms with Gasteiger partial charge in [-0.15, -0.1) is 0 Å². The van der Waals surface area contributed by atoms with Gasteiger partial charge in [0.25, 0.3) is 0 Å². The maximum absolute atomic E-state index is 12.0. The minimum atomic E-state index is -1.58. The van der Waals surface area contributed by atoms with E-state index in [1.54, 1.807) is 0 Å². The zero-order valence-electron chi connectivity index (χ0n) is 14.1. The summed E-state index contributed by atoms with van der Waals surface area (Å²) in [5.41, 5.74) is 2.13. The Balaban J connectivity index is 1.51. The quantitative estimate of drug-likeness (QED) is 0.449. The summed E-state index contributed by atoms with van der Waals surface area (Å²) in [5, 5.41) is 39.5. The van der Waals surface area contributed by atoms with Crippen LogP contribution in [-0.2, 0) is 20.7 Å². The zero-order valence-corrected chi connectivity index (χ0v) is 14.1. The molecule has 1 aromatic carbocycles. The van der Waals surface area contributed by atoms with E-state index in [0.717, 1.165) is 16.5 Å². The Morgan fingerprint density at radius 3 is 2.69 bits per heavy atom. The molecule has 1 fully saturated rings. The molecule has 3 rings (SSSR count). The van der Waals surface area contributed by atoms with Crippen molar-refractivity contribution in [2.45, 2.75) is 50.0 Å². The number of carbonyl (C=O) groups excluding carboxylic acids is 1. The van der Waals surface area contributed by atoms with E-state index in [9.17, 15) is 20.1 Å². The molecule has 0 unspecified atom stereocenters. The molecule has 8 nitrogen and oxygen atoms in total. The number of aromatic nitrogens is 1. The van der Waals surface area contributed by atoms with Gasteiger partial charge in [-0.2, -0.15) is 0 Å². The number of nitrogens with one attached hydrogen (secondary N) is 1. The lowest BCUT2D eigenvalue weighted by Gasteiger charge is -2.39. The monoisotopic (exact) mass is 365 g/mol. The second-order valence-electron chi connectivity index (χ2n) is 6.40. The van der Waals surface area contributed by atoms with Crippen molar-refractivity contribution in [2.75, 3.05) is 6.61 Å². The van der Waals surface area contributed by atoms with Crippen LogP contribution in [-0.4, -0.2) is 68.7 Å². The minimum absolute atomic E-state index is 0.106. The highest BCUT2D eigenvalue weighted by Crippen LogP contribution is 2.23. The van der Waals surface area contributed by atoms with Crippen molar-refractivity contribution in [1.82, 2.24) is 4.98 Å². The third-order valence-corrected chi connectivity index (χ3v) is 4.60. The van der Waals surface area contributed by atoms with Crippen LogP contribution in [0.5, 0.6) is 0 Å². The summed E-state index contributed by atoms with van der Waals surface area (Å²) in [6.07, 6.45) is -3.92. The van der Waals surface area contributed by atoms with Gasteiger partial charge in [0.15, 0.2) is 0 Å². The van der Waals surface area contributed by atoms with E-state index in [1.807, 2.05) is 30.5 Å². The van der Waals surface area contributed by atoms with Gasteiger partial charge >= 0.3 is 5.97 Å². The van der Waals surface area contributed by atoms with E-state index in [-0.39, 0.29) is 6.42 Å². The summed E-state index contributed by atoms with van der Waals surface area (Å²) in [6, 6.07) is 7.88. The van der Waals surface area contributed by atoms with Crippen molar-refractivity contribution in [3.8, 4) is 0 Å². The number of hydrogen-bond donors (Lipinski definition) is 5. The largest absolute Gasteiger partial charge is 0.433 e. The highest BCUT2D eigenvalue weighted by atomic mass is 16.7. The number of aryl methyl sites for hydroxylation is 1. The van der Waals surface area contributed by atoms with Crippen LogP contribution >= 0.6 is 0 Å². The fourth-order valence-corrected chi connectivity index (χ4v) is 3.11. The normalized spacial score (nSPS) is 29.0. The predicted octanol–water partition coefficient (Wildman–Crippen LogP) is -0.166. The van der Waals surface area contributed by atoms with Crippen LogP contribution in [0.2, 0.25) is 0 Å². The molecule has 0 spiro atoms. The number of aliphatic hydroxyl groups excluding tert-OH is 4. The van der Waals surface area contributed by atoms with E-state index >= 15 is 0 Å². The molecule has 0 aliphatic carbocycles. The van der Waals surface area contributed by atoms with E-state index < -0.39 is 43.3 Å². The molecule has 0 amide bonds. The molecular weight excluding hydrogens is 342 g/mol. The Morgan fingerprint density at radius 2 is 1.92 bits per heavy atom. The summed E-state index contributed by atoms with van der Waals surface area (Å²) in [4.78, 5) is 15.2. The standard InChI is InChI=1S/C18H23NO7/c20-9-13-15(22)16(23)17(24)18(25-13)26-14(21)7-3-4-10-8-19-12-6-2-1-5-11(10)12/h1-2,5-6,8,13,15-20,22-24H,3-4,7,9H2/t13-,15-,16+,17+,18+/m0/s1. The average Bonchev–Trinajstić information content (AvgIpc) is 3.05. The molecule has 8 heteroatoms. The highest BCUT2D eigenvalue weighted by Gasteiger charge is 2.45.